The van der Waals surface area contributed by atoms with Crippen LogP contribution in [0.4, 0.5) is 5.69 Å². The minimum absolute atomic E-state index is 0.0962. The number of fused-ring (bicyclic) bond motifs is 3. The van der Waals surface area contributed by atoms with Crippen LogP contribution in [0.5, 0.6) is 0 Å². The smallest absolute Gasteiger partial charge is 0.253 e. The van der Waals surface area contributed by atoms with Gasteiger partial charge in [-0.15, -0.1) is 0 Å². The Morgan fingerprint density at radius 1 is 0.926 bits per heavy atom. The lowest BCUT2D eigenvalue weighted by Gasteiger charge is -2.29. The highest BCUT2D eigenvalue weighted by Crippen LogP contribution is 2.49. The van der Waals surface area contributed by atoms with E-state index in [-0.39, 0.29) is 23.8 Å². The molecule has 0 spiro atoms. The molecule has 0 unspecified atom stereocenters. The van der Waals surface area contributed by atoms with Crippen LogP contribution in [-0.2, 0) is 9.59 Å². The molecule has 0 bridgehead atoms. The van der Waals surface area contributed by atoms with Crippen molar-refractivity contribution >= 4 is 29.1 Å². The molecule has 0 aromatic heterocycles. The minimum Gasteiger partial charge on any atom is -0.274 e. The summed E-state index contributed by atoms with van der Waals surface area (Å²) in [5.41, 5.74) is 2.57. The summed E-state index contributed by atoms with van der Waals surface area (Å²) in [5, 5.41) is 4.89. The summed E-state index contributed by atoms with van der Waals surface area (Å²) in [6.45, 7) is 3.59. The second-order valence-corrected chi connectivity index (χ2v) is 7.86. The Kier molecular flexibility index (Phi) is 3.86. The van der Waals surface area contributed by atoms with Crippen LogP contribution >= 0.6 is 11.6 Å². The summed E-state index contributed by atoms with van der Waals surface area (Å²) < 4.78 is 0. The Balaban J connectivity index is 1.59. The molecule has 3 heterocycles. The lowest BCUT2D eigenvalue weighted by molar-refractivity contribution is -0.126. The number of halogens is 1. The summed E-state index contributed by atoms with van der Waals surface area (Å²) >= 11 is 6.25. The first kappa shape index (κ1) is 16.9. The SMILES string of the molecule is Cc1ccc(N2C(=O)[C@@H]3[C@H](C2=O)N2CCCN2[C@H]3c2ccccc2)cc1Cl. The zero-order chi connectivity index (χ0) is 18.7. The largest absolute Gasteiger partial charge is 0.274 e. The van der Waals surface area contributed by atoms with Crippen LogP contribution in [0.15, 0.2) is 48.5 Å². The predicted octanol–water partition coefficient (Wildman–Crippen LogP) is 3.18. The summed E-state index contributed by atoms with van der Waals surface area (Å²) in [6.07, 6.45) is 1.00. The van der Waals surface area contributed by atoms with Crippen LogP contribution < -0.4 is 4.90 Å². The van der Waals surface area contributed by atoms with E-state index in [9.17, 15) is 9.59 Å². The van der Waals surface area contributed by atoms with Gasteiger partial charge in [0.2, 0.25) is 5.91 Å². The molecule has 0 aliphatic carbocycles. The van der Waals surface area contributed by atoms with E-state index in [0.717, 1.165) is 30.6 Å². The van der Waals surface area contributed by atoms with E-state index in [2.05, 4.69) is 10.0 Å². The molecule has 0 saturated carbocycles. The summed E-state index contributed by atoms with van der Waals surface area (Å²) in [6, 6.07) is 14.9. The second-order valence-electron chi connectivity index (χ2n) is 7.45. The number of hydrogen-bond acceptors (Lipinski definition) is 4. The standard InChI is InChI=1S/C21H20ClN3O2/c1-13-8-9-15(12-16(13)22)25-20(26)17-18(14-6-3-2-4-7-14)23-10-5-11-24(23)19(17)21(25)27/h2-4,6-9,12,17-19H,5,10-11H2,1H3/t17-,18-,19+/m0/s1. The van der Waals surface area contributed by atoms with Crippen molar-refractivity contribution in [2.24, 2.45) is 5.92 Å². The van der Waals surface area contributed by atoms with Gasteiger partial charge in [0.05, 0.1) is 17.6 Å². The average Bonchev–Trinajstić information content (AvgIpc) is 3.31. The summed E-state index contributed by atoms with van der Waals surface area (Å²) in [7, 11) is 0. The maximum Gasteiger partial charge on any atom is 0.253 e. The number of anilines is 1. The van der Waals surface area contributed by atoms with Crippen molar-refractivity contribution in [2.75, 3.05) is 18.0 Å². The molecule has 2 aromatic rings. The fraction of sp³-hybridized carbons (Fsp3) is 0.333. The molecule has 3 saturated heterocycles. The minimum atomic E-state index is -0.426. The van der Waals surface area contributed by atoms with Gasteiger partial charge in [0.25, 0.3) is 5.91 Å². The van der Waals surface area contributed by atoms with E-state index in [1.807, 2.05) is 43.3 Å². The monoisotopic (exact) mass is 381 g/mol. The Morgan fingerprint density at radius 2 is 1.63 bits per heavy atom. The molecular formula is C21H20ClN3O2. The van der Waals surface area contributed by atoms with Crippen LogP contribution in [0.1, 0.15) is 23.6 Å². The molecule has 27 heavy (non-hydrogen) atoms. The van der Waals surface area contributed by atoms with E-state index in [1.54, 1.807) is 12.1 Å². The van der Waals surface area contributed by atoms with Crippen LogP contribution in [0.3, 0.4) is 0 Å². The number of amides is 2. The fourth-order valence-corrected chi connectivity index (χ4v) is 4.91. The predicted molar refractivity (Wildman–Crippen MR) is 103 cm³/mol. The highest BCUT2D eigenvalue weighted by Gasteiger charge is 2.62. The van der Waals surface area contributed by atoms with Gasteiger partial charge in [0.15, 0.2) is 0 Å². The number of rotatable bonds is 2. The second kappa shape index (κ2) is 6.16. The molecule has 5 rings (SSSR count). The van der Waals surface area contributed by atoms with E-state index in [1.165, 1.54) is 4.90 Å². The van der Waals surface area contributed by atoms with E-state index < -0.39 is 6.04 Å². The van der Waals surface area contributed by atoms with Crippen LogP contribution in [0, 0.1) is 12.8 Å². The highest BCUT2D eigenvalue weighted by molar-refractivity contribution is 6.32. The summed E-state index contributed by atoms with van der Waals surface area (Å²) in [4.78, 5) is 28.1. The van der Waals surface area contributed by atoms with E-state index in [0.29, 0.717) is 10.7 Å². The Hall–Kier alpha value is -2.21. The first-order valence-electron chi connectivity index (χ1n) is 9.30. The van der Waals surface area contributed by atoms with Gasteiger partial charge >= 0.3 is 0 Å². The van der Waals surface area contributed by atoms with Crippen molar-refractivity contribution in [3.05, 3.63) is 64.7 Å². The molecule has 0 N–H and O–H groups in total. The Bertz CT molecular complexity index is 932. The number of carbonyl (C=O) groups is 2. The quantitative estimate of drug-likeness (QED) is 0.749. The highest BCUT2D eigenvalue weighted by atomic mass is 35.5. The van der Waals surface area contributed by atoms with Gasteiger partial charge in [0, 0.05) is 18.1 Å². The van der Waals surface area contributed by atoms with Gasteiger partial charge in [-0.25, -0.2) is 14.9 Å². The van der Waals surface area contributed by atoms with Gasteiger partial charge in [-0.2, -0.15) is 0 Å². The van der Waals surface area contributed by atoms with Crippen LogP contribution in [-0.4, -0.2) is 41.0 Å². The molecule has 6 heteroatoms. The number of hydrogen-bond donors (Lipinski definition) is 0. The number of carbonyl (C=O) groups excluding carboxylic acids is 2. The van der Waals surface area contributed by atoms with Gasteiger partial charge in [-0.05, 0) is 36.6 Å². The Labute approximate surface area is 163 Å². The number of imide groups is 1. The third-order valence-corrected chi connectivity index (χ3v) is 6.37. The maximum atomic E-state index is 13.4. The molecule has 0 radical (unpaired) electrons. The van der Waals surface area contributed by atoms with Crippen molar-refractivity contribution in [1.82, 2.24) is 10.0 Å². The molecule has 3 aliphatic heterocycles. The molecule has 3 aliphatic rings. The lowest BCUT2D eigenvalue weighted by atomic mass is 9.90. The molecule has 2 amide bonds. The van der Waals surface area contributed by atoms with Crippen LogP contribution in [0.2, 0.25) is 5.02 Å². The Morgan fingerprint density at radius 3 is 2.33 bits per heavy atom. The fourth-order valence-electron chi connectivity index (χ4n) is 4.74. The van der Waals surface area contributed by atoms with Gasteiger partial charge < -0.3 is 0 Å². The normalized spacial score (nSPS) is 28.1. The van der Waals surface area contributed by atoms with Crippen LogP contribution in [0.25, 0.3) is 0 Å². The molecule has 5 nitrogen and oxygen atoms in total. The number of benzene rings is 2. The zero-order valence-corrected chi connectivity index (χ0v) is 15.8. The lowest BCUT2D eigenvalue weighted by Crippen LogP contribution is -2.44. The third-order valence-electron chi connectivity index (χ3n) is 5.96. The molecule has 138 valence electrons. The average molecular weight is 382 g/mol. The third kappa shape index (κ3) is 2.39. The molecule has 2 aromatic carbocycles. The zero-order valence-electron chi connectivity index (χ0n) is 15.0. The molecular weight excluding hydrogens is 362 g/mol. The molecule has 3 fully saturated rings. The van der Waals surface area contributed by atoms with E-state index in [4.69, 9.17) is 11.6 Å². The van der Waals surface area contributed by atoms with Crippen molar-refractivity contribution < 1.29 is 9.59 Å². The maximum absolute atomic E-state index is 13.4. The van der Waals surface area contributed by atoms with Crippen molar-refractivity contribution in [3.63, 3.8) is 0 Å². The van der Waals surface area contributed by atoms with Crippen molar-refractivity contribution in [3.8, 4) is 0 Å². The first-order valence-corrected chi connectivity index (χ1v) is 9.68. The number of aryl methyl sites for hydroxylation is 1. The molecule has 3 atom stereocenters. The van der Waals surface area contributed by atoms with Crippen molar-refractivity contribution in [1.29, 1.82) is 0 Å². The number of hydrazine groups is 1. The van der Waals surface area contributed by atoms with Gasteiger partial charge in [0.1, 0.15) is 6.04 Å². The van der Waals surface area contributed by atoms with E-state index >= 15 is 0 Å². The summed E-state index contributed by atoms with van der Waals surface area (Å²) in [5.74, 6) is -0.663. The number of nitrogens with zero attached hydrogens (tertiary/aromatic N) is 3. The van der Waals surface area contributed by atoms with Gasteiger partial charge in [-0.3, -0.25) is 9.59 Å². The topological polar surface area (TPSA) is 43.9 Å². The van der Waals surface area contributed by atoms with Crippen molar-refractivity contribution in [2.45, 2.75) is 25.4 Å². The van der Waals surface area contributed by atoms with Gasteiger partial charge in [-0.1, -0.05) is 48.0 Å². The first-order chi connectivity index (χ1) is 13.1.